The van der Waals surface area contributed by atoms with Gasteiger partial charge >= 0.3 is 17.8 Å². The molecular weight excluding hydrogens is 511 g/mol. The molecule has 0 N–H and O–H groups in total. The van der Waals surface area contributed by atoms with Gasteiger partial charge in [-0.15, -0.1) is 0 Å². The van der Waals surface area contributed by atoms with Crippen molar-refractivity contribution in [1.82, 2.24) is 13.5 Å². The number of aromatic nitrogens is 3. The third kappa shape index (κ3) is 5.19. The number of alkyl halides is 3. The first-order valence-corrected chi connectivity index (χ1v) is 11.6. The predicted octanol–water partition coefficient (Wildman–Crippen LogP) is 4.25. The molecule has 0 aliphatic heterocycles. The van der Waals surface area contributed by atoms with E-state index in [2.05, 4.69) is 11.0 Å². The lowest BCUT2D eigenvalue weighted by Crippen LogP contribution is -2.40. The van der Waals surface area contributed by atoms with Gasteiger partial charge in [0.05, 0.1) is 16.1 Å². The summed E-state index contributed by atoms with van der Waals surface area (Å²) in [6, 6.07) is 10.2. The van der Waals surface area contributed by atoms with Crippen LogP contribution in [0.2, 0.25) is 0 Å². The van der Waals surface area contributed by atoms with Gasteiger partial charge in [-0.3, -0.25) is 9.36 Å². The van der Waals surface area contributed by atoms with E-state index in [1.54, 1.807) is 24.3 Å². The van der Waals surface area contributed by atoms with Crippen molar-refractivity contribution in [2.24, 2.45) is 7.05 Å². The Balaban J connectivity index is 1.76. The molecule has 12 heteroatoms. The molecule has 0 saturated heterocycles. The van der Waals surface area contributed by atoms with Crippen LogP contribution in [-0.2, 0) is 22.8 Å². The van der Waals surface area contributed by atoms with Gasteiger partial charge in [-0.1, -0.05) is 18.7 Å². The van der Waals surface area contributed by atoms with E-state index in [-0.39, 0.29) is 18.9 Å². The summed E-state index contributed by atoms with van der Waals surface area (Å²) in [4.78, 5) is 37.0. The van der Waals surface area contributed by atoms with Crippen LogP contribution in [0.15, 0.2) is 64.7 Å². The van der Waals surface area contributed by atoms with E-state index in [1.807, 2.05) is 6.92 Å². The molecule has 0 saturated carbocycles. The van der Waals surface area contributed by atoms with Crippen LogP contribution in [0.3, 0.4) is 0 Å². The Hall–Kier alpha value is -4.19. The molecule has 2 aromatic carbocycles. The number of benzene rings is 2. The summed E-state index contributed by atoms with van der Waals surface area (Å²) in [5, 5.41) is 0.585. The number of aryl methyl sites for hydroxylation is 1. The Kier molecular flexibility index (Phi) is 7.03. The first-order valence-electron chi connectivity index (χ1n) is 10.8. The number of hydrogen-bond acceptors (Lipinski definition) is 7. The predicted molar refractivity (Wildman–Crippen MR) is 132 cm³/mol. The van der Waals surface area contributed by atoms with Crippen molar-refractivity contribution in [2.45, 2.75) is 13.1 Å². The molecule has 0 radical (unpaired) electrons. The molecule has 0 bridgehead atoms. The van der Waals surface area contributed by atoms with Gasteiger partial charge in [-0.05, 0) is 54.4 Å². The second kappa shape index (κ2) is 10.1. The van der Waals surface area contributed by atoms with Crippen molar-refractivity contribution < 1.29 is 27.4 Å². The van der Waals surface area contributed by atoms with Crippen molar-refractivity contribution in [3.63, 3.8) is 0 Å². The number of carbonyl (C=O) groups excluding carboxylic acids is 1. The zero-order valence-corrected chi connectivity index (χ0v) is 20.5. The third-order valence-corrected chi connectivity index (χ3v) is 6.33. The van der Waals surface area contributed by atoms with Crippen LogP contribution in [-0.4, -0.2) is 32.7 Å². The molecule has 0 amide bonds. The van der Waals surface area contributed by atoms with Gasteiger partial charge < -0.3 is 9.47 Å². The zero-order chi connectivity index (χ0) is 26.9. The number of ether oxygens (including phenoxy) is 2. The molecule has 0 fully saturated rings. The molecule has 4 aromatic rings. The summed E-state index contributed by atoms with van der Waals surface area (Å²) in [6.07, 6.45) is -3.41. The van der Waals surface area contributed by atoms with Crippen LogP contribution in [0.1, 0.15) is 11.3 Å². The molecule has 0 atom stereocenters. The third-order valence-electron chi connectivity index (χ3n) is 5.51. The lowest BCUT2D eigenvalue weighted by atomic mass is 10.0. The maximum atomic E-state index is 13.2. The van der Waals surface area contributed by atoms with Gasteiger partial charge in [0.2, 0.25) is 0 Å². The Labute approximate surface area is 212 Å². The van der Waals surface area contributed by atoms with Crippen molar-refractivity contribution >= 4 is 27.6 Å². The Morgan fingerprint density at radius 2 is 1.92 bits per heavy atom. The molecule has 0 unspecified atom stereocenters. The van der Waals surface area contributed by atoms with E-state index in [1.165, 1.54) is 29.7 Å². The normalized spacial score (nSPS) is 11.5. The van der Waals surface area contributed by atoms with E-state index in [0.717, 1.165) is 17.3 Å². The van der Waals surface area contributed by atoms with Gasteiger partial charge in [0.1, 0.15) is 18.1 Å². The van der Waals surface area contributed by atoms with Crippen molar-refractivity contribution in [1.29, 1.82) is 0 Å². The highest BCUT2D eigenvalue weighted by atomic mass is 32.1. The maximum Gasteiger partial charge on any atom is 0.431 e. The summed E-state index contributed by atoms with van der Waals surface area (Å²) in [5.41, 5.74) is -1.43. The van der Waals surface area contributed by atoms with Gasteiger partial charge in [0, 0.05) is 24.1 Å². The minimum atomic E-state index is -4.85. The van der Waals surface area contributed by atoms with Crippen LogP contribution in [0.5, 0.6) is 5.75 Å². The first-order chi connectivity index (χ1) is 17.5. The SMILES string of the molecule is C=CCOC(=O)COc1ccc(C)c(-c2nsc3ccc(-n4c(=O)cc(C(F)(F)F)n(C)c4=O)cc23)c1. The summed E-state index contributed by atoms with van der Waals surface area (Å²) >= 11 is 1.18. The van der Waals surface area contributed by atoms with Crippen molar-refractivity contribution in [2.75, 3.05) is 13.2 Å². The van der Waals surface area contributed by atoms with Crippen LogP contribution >= 0.6 is 11.5 Å². The van der Waals surface area contributed by atoms with Crippen LogP contribution in [0.25, 0.3) is 27.0 Å². The minimum Gasteiger partial charge on any atom is -0.482 e. The summed E-state index contributed by atoms with van der Waals surface area (Å²) in [6.45, 7) is 5.08. The summed E-state index contributed by atoms with van der Waals surface area (Å²) < 4.78 is 56.4. The number of rotatable bonds is 7. The largest absolute Gasteiger partial charge is 0.482 e. The fourth-order valence-corrected chi connectivity index (χ4v) is 4.45. The number of halogens is 3. The number of hydrogen-bond donors (Lipinski definition) is 0. The van der Waals surface area contributed by atoms with E-state index in [4.69, 9.17) is 9.47 Å². The van der Waals surface area contributed by atoms with Gasteiger partial charge in [0.25, 0.3) is 5.56 Å². The number of nitrogens with zero attached hydrogens (tertiary/aromatic N) is 3. The lowest BCUT2D eigenvalue weighted by Gasteiger charge is -2.14. The monoisotopic (exact) mass is 531 g/mol. The number of fused-ring (bicyclic) bond motifs is 1. The molecule has 8 nitrogen and oxygen atoms in total. The molecule has 2 heterocycles. The molecule has 192 valence electrons. The molecule has 4 rings (SSSR count). The molecule has 37 heavy (non-hydrogen) atoms. The number of carbonyl (C=O) groups is 1. The molecule has 0 spiro atoms. The second-order valence-corrected chi connectivity index (χ2v) is 8.80. The van der Waals surface area contributed by atoms with E-state index in [9.17, 15) is 27.6 Å². The average molecular weight is 532 g/mol. The minimum absolute atomic E-state index is 0.0691. The van der Waals surface area contributed by atoms with E-state index >= 15 is 0 Å². The van der Waals surface area contributed by atoms with Gasteiger partial charge in [-0.2, -0.15) is 17.5 Å². The van der Waals surface area contributed by atoms with E-state index < -0.39 is 29.1 Å². The lowest BCUT2D eigenvalue weighted by molar-refractivity contribution is -0.145. The Morgan fingerprint density at radius 3 is 2.62 bits per heavy atom. The van der Waals surface area contributed by atoms with E-state index in [0.29, 0.717) is 37.6 Å². The standard InChI is InChI=1S/C25H20F3N3O5S/c1-4-9-35-22(33)13-36-16-7-5-14(2)17(11-16)23-18-10-15(6-8-19(18)37-29-23)31-21(32)12-20(25(26,27)28)30(3)24(31)34/h4-8,10-12H,1,9,13H2,2-3H3. The highest BCUT2D eigenvalue weighted by Gasteiger charge is 2.35. The molecular formula is C25H20F3N3O5S. The summed E-state index contributed by atoms with van der Waals surface area (Å²) in [5.74, 6) is -0.171. The van der Waals surface area contributed by atoms with Crippen molar-refractivity contribution in [3.05, 3.63) is 87.2 Å². The number of esters is 1. The summed E-state index contributed by atoms with van der Waals surface area (Å²) in [7, 11) is 0.958. The van der Waals surface area contributed by atoms with Gasteiger partial charge in [0.15, 0.2) is 6.61 Å². The van der Waals surface area contributed by atoms with Gasteiger partial charge in [-0.25, -0.2) is 14.2 Å². The molecule has 2 aromatic heterocycles. The highest BCUT2D eigenvalue weighted by molar-refractivity contribution is 7.13. The quantitative estimate of drug-likeness (QED) is 0.262. The highest BCUT2D eigenvalue weighted by Crippen LogP contribution is 2.35. The topological polar surface area (TPSA) is 92.4 Å². The van der Waals surface area contributed by atoms with Crippen LogP contribution in [0.4, 0.5) is 13.2 Å². The Morgan fingerprint density at radius 1 is 1.16 bits per heavy atom. The van der Waals surface area contributed by atoms with Crippen LogP contribution in [0, 0.1) is 6.92 Å². The Bertz CT molecular complexity index is 1640. The fraction of sp³-hybridized carbons (Fsp3) is 0.200. The molecule has 0 aliphatic carbocycles. The zero-order valence-electron chi connectivity index (χ0n) is 19.7. The second-order valence-electron chi connectivity index (χ2n) is 7.99. The smallest absolute Gasteiger partial charge is 0.431 e. The van der Waals surface area contributed by atoms with Crippen LogP contribution < -0.4 is 16.0 Å². The first kappa shape index (κ1) is 25.9. The molecule has 0 aliphatic rings. The average Bonchev–Trinajstić information content (AvgIpc) is 3.27. The fourth-order valence-electron chi connectivity index (χ4n) is 3.68. The van der Waals surface area contributed by atoms with Crippen molar-refractivity contribution in [3.8, 4) is 22.7 Å². The maximum absolute atomic E-state index is 13.2.